The molecular weight excluding hydrogens is 166 g/mol. The molecule has 1 heterocycles. The standard InChI is InChI=1S/C10H7NO2/c12-6-7-3-4-9-8(10(7)13)2-1-5-11-9/h1-6,13H. The Balaban J connectivity index is 2.86. The summed E-state index contributed by atoms with van der Waals surface area (Å²) in [6.07, 6.45) is 2.27. The molecule has 0 aliphatic carbocycles. The molecule has 0 saturated carbocycles. The quantitative estimate of drug-likeness (QED) is 0.668. The maximum Gasteiger partial charge on any atom is 0.153 e. The molecular formula is C10H7NO2. The number of nitrogens with zero attached hydrogens (tertiary/aromatic N) is 1. The second-order valence-electron chi connectivity index (χ2n) is 2.69. The van der Waals surface area contributed by atoms with Gasteiger partial charge in [-0.1, -0.05) is 0 Å². The van der Waals surface area contributed by atoms with Crippen LogP contribution < -0.4 is 0 Å². The number of phenolic OH excluding ortho intramolecular Hbond substituents is 1. The molecule has 3 nitrogen and oxygen atoms in total. The third-order valence-corrected chi connectivity index (χ3v) is 1.91. The Morgan fingerprint density at radius 2 is 2.15 bits per heavy atom. The van der Waals surface area contributed by atoms with Crippen LogP contribution in [-0.2, 0) is 0 Å². The monoisotopic (exact) mass is 173 g/mol. The first-order valence-electron chi connectivity index (χ1n) is 3.85. The Bertz CT molecular complexity index is 465. The lowest BCUT2D eigenvalue weighted by atomic mass is 10.1. The lowest BCUT2D eigenvalue weighted by molar-refractivity contribution is 0.112. The van der Waals surface area contributed by atoms with Gasteiger partial charge in [0.2, 0.25) is 0 Å². The number of phenols is 1. The van der Waals surface area contributed by atoms with Crippen molar-refractivity contribution in [2.24, 2.45) is 0 Å². The van der Waals surface area contributed by atoms with Crippen molar-refractivity contribution in [2.75, 3.05) is 0 Å². The molecule has 0 unspecified atom stereocenters. The van der Waals surface area contributed by atoms with Crippen molar-refractivity contribution in [3.63, 3.8) is 0 Å². The van der Waals surface area contributed by atoms with Crippen LogP contribution in [0.5, 0.6) is 5.75 Å². The number of carbonyl (C=O) groups excluding carboxylic acids is 1. The van der Waals surface area contributed by atoms with Gasteiger partial charge in [-0.2, -0.15) is 0 Å². The van der Waals surface area contributed by atoms with Gasteiger partial charge in [-0.3, -0.25) is 9.78 Å². The highest BCUT2D eigenvalue weighted by molar-refractivity contribution is 5.93. The summed E-state index contributed by atoms with van der Waals surface area (Å²) in [6, 6.07) is 6.71. The highest BCUT2D eigenvalue weighted by Crippen LogP contribution is 2.25. The van der Waals surface area contributed by atoms with Gasteiger partial charge in [0.1, 0.15) is 5.75 Å². The highest BCUT2D eigenvalue weighted by atomic mass is 16.3. The SMILES string of the molecule is O=Cc1ccc2ncccc2c1O. The molecule has 0 aliphatic rings. The average molecular weight is 173 g/mol. The zero-order valence-electron chi connectivity index (χ0n) is 6.77. The summed E-state index contributed by atoms with van der Waals surface area (Å²) in [6.45, 7) is 0. The van der Waals surface area contributed by atoms with Crippen LogP contribution in [0, 0.1) is 0 Å². The molecule has 0 fully saturated rings. The number of aldehydes is 1. The Hall–Kier alpha value is -1.90. The summed E-state index contributed by atoms with van der Waals surface area (Å²) in [5.74, 6) is 0.000556. The molecule has 0 amide bonds. The lowest BCUT2D eigenvalue weighted by Gasteiger charge is -2.01. The number of fused-ring (bicyclic) bond motifs is 1. The fourth-order valence-corrected chi connectivity index (χ4v) is 1.25. The number of aromatic hydroxyl groups is 1. The number of rotatable bonds is 1. The smallest absolute Gasteiger partial charge is 0.153 e. The Kier molecular flexibility index (Phi) is 1.70. The predicted octanol–water partition coefficient (Wildman–Crippen LogP) is 1.75. The van der Waals surface area contributed by atoms with Crippen molar-refractivity contribution in [2.45, 2.75) is 0 Å². The summed E-state index contributed by atoms with van der Waals surface area (Å²) in [5.41, 5.74) is 0.978. The Morgan fingerprint density at radius 3 is 2.92 bits per heavy atom. The zero-order chi connectivity index (χ0) is 9.26. The van der Waals surface area contributed by atoms with E-state index in [1.807, 2.05) is 0 Å². The summed E-state index contributed by atoms with van der Waals surface area (Å²) < 4.78 is 0. The van der Waals surface area contributed by atoms with Crippen LogP contribution >= 0.6 is 0 Å². The minimum atomic E-state index is 0.000556. The van der Waals surface area contributed by atoms with Gasteiger partial charge in [0.05, 0.1) is 11.1 Å². The third kappa shape index (κ3) is 1.14. The van der Waals surface area contributed by atoms with Crippen molar-refractivity contribution in [1.29, 1.82) is 0 Å². The van der Waals surface area contributed by atoms with Crippen LogP contribution in [0.1, 0.15) is 10.4 Å². The van der Waals surface area contributed by atoms with E-state index >= 15 is 0 Å². The van der Waals surface area contributed by atoms with E-state index in [1.54, 1.807) is 30.5 Å². The first-order chi connectivity index (χ1) is 6.33. The van der Waals surface area contributed by atoms with Gasteiger partial charge in [0.15, 0.2) is 6.29 Å². The van der Waals surface area contributed by atoms with Crippen LogP contribution in [0.3, 0.4) is 0 Å². The number of hydrogen-bond acceptors (Lipinski definition) is 3. The van der Waals surface area contributed by atoms with E-state index in [9.17, 15) is 9.90 Å². The normalized spacial score (nSPS) is 10.2. The minimum absolute atomic E-state index is 0.000556. The first-order valence-corrected chi connectivity index (χ1v) is 3.85. The van der Waals surface area contributed by atoms with Crippen molar-refractivity contribution < 1.29 is 9.90 Å². The molecule has 0 bridgehead atoms. The largest absolute Gasteiger partial charge is 0.506 e. The zero-order valence-corrected chi connectivity index (χ0v) is 6.77. The molecule has 2 aromatic rings. The molecule has 1 aromatic carbocycles. The van der Waals surface area contributed by atoms with Crippen molar-refractivity contribution in [3.8, 4) is 5.75 Å². The van der Waals surface area contributed by atoms with E-state index in [1.165, 1.54) is 0 Å². The van der Waals surface area contributed by atoms with Crippen molar-refractivity contribution in [3.05, 3.63) is 36.0 Å². The second-order valence-corrected chi connectivity index (χ2v) is 2.69. The summed E-state index contributed by atoms with van der Waals surface area (Å²) in [7, 11) is 0. The number of hydrogen-bond donors (Lipinski definition) is 1. The molecule has 1 aromatic heterocycles. The fourth-order valence-electron chi connectivity index (χ4n) is 1.25. The maximum absolute atomic E-state index is 10.5. The summed E-state index contributed by atoms with van der Waals surface area (Å²) in [4.78, 5) is 14.5. The molecule has 13 heavy (non-hydrogen) atoms. The van der Waals surface area contributed by atoms with Crippen molar-refractivity contribution >= 4 is 17.2 Å². The van der Waals surface area contributed by atoms with Gasteiger partial charge < -0.3 is 5.11 Å². The molecule has 0 aliphatic heterocycles. The third-order valence-electron chi connectivity index (χ3n) is 1.91. The highest BCUT2D eigenvalue weighted by Gasteiger charge is 2.04. The second kappa shape index (κ2) is 2.86. The topological polar surface area (TPSA) is 50.2 Å². The van der Waals surface area contributed by atoms with Crippen LogP contribution in [0.4, 0.5) is 0 Å². The van der Waals surface area contributed by atoms with E-state index in [2.05, 4.69) is 4.98 Å². The van der Waals surface area contributed by atoms with Gasteiger partial charge >= 0.3 is 0 Å². The van der Waals surface area contributed by atoms with Crippen LogP contribution in [0.2, 0.25) is 0 Å². The van der Waals surface area contributed by atoms with Crippen LogP contribution in [0.25, 0.3) is 10.9 Å². The van der Waals surface area contributed by atoms with E-state index in [-0.39, 0.29) is 5.75 Å². The molecule has 64 valence electrons. The first kappa shape index (κ1) is 7.73. The van der Waals surface area contributed by atoms with Gasteiger partial charge in [0.25, 0.3) is 0 Å². The predicted molar refractivity (Wildman–Crippen MR) is 48.8 cm³/mol. The van der Waals surface area contributed by atoms with E-state index in [0.29, 0.717) is 22.8 Å². The number of aromatic nitrogens is 1. The van der Waals surface area contributed by atoms with E-state index in [0.717, 1.165) is 0 Å². The van der Waals surface area contributed by atoms with Gasteiger partial charge in [-0.15, -0.1) is 0 Å². The van der Waals surface area contributed by atoms with Gasteiger partial charge in [-0.25, -0.2) is 0 Å². The maximum atomic E-state index is 10.5. The molecule has 0 saturated heterocycles. The molecule has 0 spiro atoms. The van der Waals surface area contributed by atoms with E-state index < -0.39 is 0 Å². The Labute approximate surface area is 74.7 Å². The molecule has 3 heteroatoms. The summed E-state index contributed by atoms with van der Waals surface area (Å²) >= 11 is 0. The number of benzene rings is 1. The molecule has 0 radical (unpaired) electrons. The van der Waals surface area contributed by atoms with Crippen molar-refractivity contribution in [1.82, 2.24) is 4.98 Å². The number of carbonyl (C=O) groups is 1. The summed E-state index contributed by atoms with van der Waals surface area (Å²) in [5, 5.41) is 10.2. The fraction of sp³-hybridized carbons (Fsp3) is 0. The van der Waals surface area contributed by atoms with E-state index in [4.69, 9.17) is 0 Å². The molecule has 0 atom stereocenters. The van der Waals surface area contributed by atoms with Crippen LogP contribution in [0.15, 0.2) is 30.5 Å². The minimum Gasteiger partial charge on any atom is -0.506 e. The lowest BCUT2D eigenvalue weighted by Crippen LogP contribution is -1.84. The van der Waals surface area contributed by atoms with Crippen LogP contribution in [-0.4, -0.2) is 16.4 Å². The molecule has 1 N–H and O–H groups in total. The van der Waals surface area contributed by atoms with Gasteiger partial charge in [0, 0.05) is 11.6 Å². The average Bonchev–Trinajstić information content (AvgIpc) is 2.19. The van der Waals surface area contributed by atoms with Gasteiger partial charge in [-0.05, 0) is 24.3 Å². The number of pyridine rings is 1. The Morgan fingerprint density at radius 1 is 1.31 bits per heavy atom. The molecule has 2 rings (SSSR count).